The molecule has 2 fully saturated rings. The summed E-state index contributed by atoms with van der Waals surface area (Å²) in [5.41, 5.74) is 8.98. The average Bonchev–Trinajstić information content (AvgIpc) is 3.88. The Morgan fingerprint density at radius 3 is 1.49 bits per heavy atom. The fraction of sp³-hybridized carbons (Fsp3) is 0.238. The Bertz CT molecular complexity index is 2010. The molecule has 0 N–H and O–H groups in total. The number of hydrogen-bond acceptors (Lipinski definition) is 0. The zero-order chi connectivity index (χ0) is 27.9. The summed E-state index contributed by atoms with van der Waals surface area (Å²) in [6, 6.07) is 43.1. The summed E-state index contributed by atoms with van der Waals surface area (Å²) in [4.78, 5) is 0. The van der Waals surface area contributed by atoms with Gasteiger partial charge in [-0.15, -0.1) is 0 Å². The predicted molar refractivity (Wildman–Crippen MR) is 193 cm³/mol. The first-order chi connectivity index (χ1) is 20.9. The summed E-state index contributed by atoms with van der Waals surface area (Å²) >= 11 is 0. The fourth-order valence-corrected chi connectivity index (χ4v) is 7.63. The van der Waals surface area contributed by atoms with E-state index in [9.17, 15) is 0 Å². The molecule has 230 valence electrons. The van der Waals surface area contributed by atoms with Crippen molar-refractivity contribution in [3.63, 3.8) is 0 Å². The minimum Gasteiger partial charge on any atom is -0.358 e. The van der Waals surface area contributed by atoms with E-state index in [1.54, 1.807) is 0 Å². The van der Waals surface area contributed by atoms with Gasteiger partial charge in [0.05, 0.1) is 11.0 Å². The summed E-state index contributed by atoms with van der Waals surface area (Å²) in [7, 11) is 0. The van der Waals surface area contributed by atoms with Crippen LogP contribution in [0.4, 0.5) is 0 Å². The minimum atomic E-state index is 0. The van der Waals surface area contributed by atoms with E-state index in [0.29, 0.717) is 6.04 Å². The first-order valence-corrected chi connectivity index (χ1v) is 16.0. The molecule has 9 rings (SSSR count). The van der Waals surface area contributed by atoms with Crippen LogP contribution in [-0.2, 0) is 19.8 Å². The largest absolute Gasteiger partial charge is 2.00 e. The maximum absolute atomic E-state index is 2.62. The van der Waals surface area contributed by atoms with Gasteiger partial charge in [-0.2, -0.15) is 0 Å². The Morgan fingerprint density at radius 1 is 0.422 bits per heavy atom. The van der Waals surface area contributed by atoms with E-state index in [-0.39, 0.29) is 34.6 Å². The van der Waals surface area contributed by atoms with Crippen molar-refractivity contribution in [2.24, 2.45) is 0 Å². The van der Waals surface area contributed by atoms with E-state index in [1.807, 2.05) is 0 Å². The van der Waals surface area contributed by atoms with Gasteiger partial charge >= 0.3 is 19.8 Å². The van der Waals surface area contributed by atoms with E-state index in [0.717, 1.165) is 0 Å². The second kappa shape index (κ2) is 14.2. The topological polar surface area (TPSA) is 9.86 Å². The first kappa shape index (κ1) is 32.7. The third kappa shape index (κ3) is 5.89. The van der Waals surface area contributed by atoms with Crippen LogP contribution in [0.15, 0.2) is 115 Å². The third-order valence-electron chi connectivity index (χ3n) is 9.67. The molecule has 0 aliphatic heterocycles. The summed E-state index contributed by atoms with van der Waals surface area (Å²) in [6.45, 7) is 0. The fourth-order valence-electron chi connectivity index (χ4n) is 7.63. The molecule has 7 aromatic rings. The van der Waals surface area contributed by atoms with Gasteiger partial charge in [0.15, 0.2) is 0 Å². The molecule has 0 spiro atoms. The Balaban J connectivity index is 0.000000459. The third-order valence-corrected chi connectivity index (χ3v) is 9.67. The van der Waals surface area contributed by atoms with Gasteiger partial charge in [-0.25, -0.2) is 0 Å². The van der Waals surface area contributed by atoms with E-state index in [2.05, 4.69) is 124 Å². The molecule has 0 amide bonds. The van der Waals surface area contributed by atoms with Crippen molar-refractivity contribution in [2.45, 2.75) is 63.8 Å². The van der Waals surface area contributed by atoms with E-state index in [1.165, 1.54) is 118 Å². The molecule has 0 atom stereocenters. The minimum absolute atomic E-state index is 0. The Morgan fingerprint density at radius 2 is 0.867 bits per heavy atom. The Hall–Kier alpha value is -3.66. The number of nitrogens with zero attached hydrogens (tertiary/aromatic N) is 2. The van der Waals surface area contributed by atoms with Gasteiger partial charge in [0, 0.05) is 44.3 Å². The molecule has 0 saturated heterocycles. The summed E-state index contributed by atoms with van der Waals surface area (Å²) < 4.78 is 5.00. The molecule has 2 aromatic heterocycles. The normalized spacial score (nSPS) is 14.6. The molecule has 3 heteroatoms. The quantitative estimate of drug-likeness (QED) is 0.159. The van der Waals surface area contributed by atoms with Crippen LogP contribution in [0.25, 0.3) is 60.4 Å². The van der Waals surface area contributed by atoms with Gasteiger partial charge in [-0.05, 0) is 72.5 Å². The van der Waals surface area contributed by atoms with Crippen LogP contribution in [0.3, 0.4) is 0 Å². The van der Waals surface area contributed by atoms with E-state index >= 15 is 0 Å². The van der Waals surface area contributed by atoms with Crippen LogP contribution in [0.5, 0.6) is 0 Å². The van der Waals surface area contributed by atoms with Crippen molar-refractivity contribution in [2.75, 3.05) is 0 Å². The van der Waals surface area contributed by atoms with Crippen LogP contribution in [0, 0.1) is 14.9 Å². The zero-order valence-corrected chi connectivity index (χ0v) is 29.2. The maximum Gasteiger partial charge on any atom is 2.00 e. The molecule has 2 saturated carbocycles. The smallest absolute Gasteiger partial charge is 0.358 e. The molecule has 2 heterocycles. The second-order valence-corrected chi connectivity index (χ2v) is 12.2. The summed E-state index contributed by atoms with van der Waals surface area (Å²) in [5, 5.41) is 5.33. The van der Waals surface area contributed by atoms with Crippen molar-refractivity contribution in [1.82, 2.24) is 9.13 Å². The van der Waals surface area contributed by atoms with E-state index in [4.69, 9.17) is 0 Å². The Kier molecular flexibility index (Phi) is 10.3. The number of para-hydroxylation sites is 3. The molecule has 5 aromatic carbocycles. The SMILES string of the molecule is C1CCCC1.[CH3-].[CH3-].[Os+2].c1ccc(-n2c3ccccc3c3cc(-c4ccc5c(c4)c4ccccc4n5C4CCCC4)ccc32)cc1. The summed E-state index contributed by atoms with van der Waals surface area (Å²) in [6.07, 6.45) is 12.8. The molecule has 45 heavy (non-hydrogen) atoms. The van der Waals surface area contributed by atoms with Crippen LogP contribution in [0.2, 0.25) is 0 Å². The number of aromatic nitrogens is 2. The number of rotatable bonds is 3. The average molecular weight is 767 g/mol. The molecule has 0 unspecified atom stereocenters. The van der Waals surface area contributed by atoms with Crippen LogP contribution >= 0.6 is 0 Å². The first-order valence-electron chi connectivity index (χ1n) is 16.0. The van der Waals surface area contributed by atoms with Crippen molar-refractivity contribution in [1.29, 1.82) is 0 Å². The summed E-state index contributed by atoms with van der Waals surface area (Å²) in [5.74, 6) is 0. The van der Waals surface area contributed by atoms with Gasteiger partial charge in [-0.1, -0.05) is 112 Å². The number of hydrogen-bond donors (Lipinski definition) is 0. The van der Waals surface area contributed by atoms with Gasteiger partial charge in [0.1, 0.15) is 0 Å². The molecule has 0 bridgehead atoms. The predicted octanol–water partition coefficient (Wildman–Crippen LogP) is 12.5. The molecular weight excluding hydrogens is 723 g/mol. The Labute approximate surface area is 282 Å². The molecule has 2 aliphatic carbocycles. The van der Waals surface area contributed by atoms with E-state index < -0.39 is 0 Å². The molecule has 0 radical (unpaired) electrons. The van der Waals surface area contributed by atoms with Crippen molar-refractivity contribution in [3.05, 3.63) is 130 Å². The van der Waals surface area contributed by atoms with Gasteiger partial charge in [0.2, 0.25) is 0 Å². The monoisotopic (exact) mass is 768 g/mol. The van der Waals surface area contributed by atoms with Gasteiger partial charge < -0.3 is 24.0 Å². The molecular formula is C42H44N2Os. The molecule has 2 aliphatic rings. The zero-order valence-electron chi connectivity index (χ0n) is 26.7. The van der Waals surface area contributed by atoms with Crippen LogP contribution < -0.4 is 0 Å². The number of fused-ring (bicyclic) bond motifs is 6. The second-order valence-electron chi connectivity index (χ2n) is 12.2. The van der Waals surface area contributed by atoms with Crippen LogP contribution in [-0.4, -0.2) is 9.13 Å². The molecule has 2 nitrogen and oxygen atoms in total. The van der Waals surface area contributed by atoms with Crippen molar-refractivity contribution < 1.29 is 19.8 Å². The van der Waals surface area contributed by atoms with Crippen molar-refractivity contribution >= 4 is 43.6 Å². The standard InChI is InChI=1S/C35H28N2.C5H10.2CH3.Os/c1-2-10-26(11-3-1)36-32-16-8-6-14-28(32)30-22-24(18-20-34(30)36)25-19-21-35-31(23-25)29-15-7-9-17-33(29)37(35)27-12-4-5-13-27;1-2-4-5-3-1;;;/h1-3,6-11,14-23,27H,4-5,12-13H2;1-5H2;2*1H3;/q;;2*-1;+2. The van der Waals surface area contributed by atoms with Crippen LogP contribution in [0.1, 0.15) is 63.8 Å². The van der Waals surface area contributed by atoms with Gasteiger partial charge in [-0.3, -0.25) is 0 Å². The van der Waals surface area contributed by atoms with Crippen molar-refractivity contribution in [3.8, 4) is 16.8 Å². The van der Waals surface area contributed by atoms with Gasteiger partial charge in [0.25, 0.3) is 0 Å². The number of benzene rings is 5. The maximum atomic E-state index is 2.62.